The second-order valence-corrected chi connectivity index (χ2v) is 4.60. The lowest BCUT2D eigenvalue weighted by Gasteiger charge is -2.21. The van der Waals surface area contributed by atoms with Crippen molar-refractivity contribution in [1.82, 2.24) is 4.98 Å². The van der Waals surface area contributed by atoms with E-state index in [1.54, 1.807) is 12.1 Å². The Morgan fingerprint density at radius 3 is 3.06 bits per heavy atom. The molecule has 2 aliphatic rings. The molecular weight excluding hydrogens is 220 g/mol. The van der Waals surface area contributed by atoms with Crippen LogP contribution in [0.5, 0.6) is 0 Å². The Balaban J connectivity index is 1.73. The number of anilines is 1. The van der Waals surface area contributed by atoms with Gasteiger partial charge in [-0.25, -0.2) is 9.78 Å². The van der Waals surface area contributed by atoms with Gasteiger partial charge in [-0.2, -0.15) is 0 Å². The molecule has 2 N–H and O–H groups in total. The van der Waals surface area contributed by atoms with Crippen LogP contribution in [0, 0.1) is 0 Å². The number of nitrogens with one attached hydrogen (secondary N) is 1. The molecule has 90 valence electrons. The van der Waals surface area contributed by atoms with Crippen LogP contribution in [-0.2, 0) is 4.74 Å². The van der Waals surface area contributed by atoms with Gasteiger partial charge in [0, 0.05) is 11.9 Å². The van der Waals surface area contributed by atoms with Crippen LogP contribution in [0.1, 0.15) is 29.8 Å². The van der Waals surface area contributed by atoms with Crippen LogP contribution in [0.2, 0.25) is 0 Å². The van der Waals surface area contributed by atoms with E-state index in [0.29, 0.717) is 12.1 Å². The number of hydrogen-bond donors (Lipinski definition) is 2. The molecule has 0 radical (unpaired) electrons. The van der Waals surface area contributed by atoms with Crippen LogP contribution in [0.15, 0.2) is 18.3 Å². The minimum absolute atomic E-state index is 0.0686. The summed E-state index contributed by atoms with van der Waals surface area (Å²) in [6.45, 7) is 0. The first-order chi connectivity index (χ1) is 8.22. The number of aromatic carboxylic acids is 1. The second-order valence-electron chi connectivity index (χ2n) is 4.60. The highest BCUT2D eigenvalue weighted by Gasteiger charge is 2.40. The zero-order chi connectivity index (χ0) is 11.8. The van der Waals surface area contributed by atoms with Gasteiger partial charge in [0.25, 0.3) is 0 Å². The van der Waals surface area contributed by atoms with Gasteiger partial charge in [0.15, 0.2) is 0 Å². The lowest BCUT2D eigenvalue weighted by Crippen LogP contribution is -2.30. The van der Waals surface area contributed by atoms with Crippen molar-refractivity contribution in [3.05, 3.63) is 24.0 Å². The standard InChI is InChI=1S/C12H14N2O3/c15-12(16)10-5-7(3-4-13-10)14-9-6-8-1-2-11(9)17-8/h3-5,8-9,11H,1-2,6H2,(H,13,14)(H,15,16). The van der Waals surface area contributed by atoms with Gasteiger partial charge in [0.1, 0.15) is 5.69 Å². The maximum absolute atomic E-state index is 10.8. The lowest BCUT2D eigenvalue weighted by molar-refractivity contribution is 0.0690. The minimum Gasteiger partial charge on any atom is -0.477 e. The molecule has 5 heteroatoms. The second kappa shape index (κ2) is 4.00. The number of aromatic nitrogens is 1. The van der Waals surface area contributed by atoms with Crippen molar-refractivity contribution in [2.75, 3.05) is 5.32 Å². The van der Waals surface area contributed by atoms with E-state index in [2.05, 4.69) is 10.3 Å². The summed E-state index contributed by atoms with van der Waals surface area (Å²) in [6, 6.07) is 3.66. The number of carboxylic acid groups (broad SMARTS) is 1. The molecular formula is C12H14N2O3. The molecule has 3 unspecified atom stereocenters. The van der Waals surface area contributed by atoms with Crippen molar-refractivity contribution in [1.29, 1.82) is 0 Å². The fraction of sp³-hybridized carbons (Fsp3) is 0.500. The molecule has 0 saturated carbocycles. The van der Waals surface area contributed by atoms with Crippen molar-refractivity contribution in [3.8, 4) is 0 Å². The normalized spacial score (nSPS) is 30.5. The molecule has 5 nitrogen and oxygen atoms in total. The Morgan fingerprint density at radius 2 is 2.41 bits per heavy atom. The smallest absolute Gasteiger partial charge is 0.354 e. The van der Waals surface area contributed by atoms with E-state index in [-0.39, 0.29) is 11.8 Å². The van der Waals surface area contributed by atoms with Gasteiger partial charge in [-0.15, -0.1) is 0 Å². The molecule has 2 aliphatic heterocycles. The molecule has 17 heavy (non-hydrogen) atoms. The van der Waals surface area contributed by atoms with Gasteiger partial charge in [-0.3, -0.25) is 0 Å². The van der Waals surface area contributed by atoms with E-state index in [9.17, 15) is 4.79 Å². The van der Waals surface area contributed by atoms with E-state index >= 15 is 0 Å². The lowest BCUT2D eigenvalue weighted by atomic mass is 9.95. The summed E-state index contributed by atoms with van der Waals surface area (Å²) >= 11 is 0. The molecule has 2 bridgehead atoms. The van der Waals surface area contributed by atoms with E-state index < -0.39 is 5.97 Å². The average molecular weight is 234 g/mol. The first kappa shape index (κ1) is 10.5. The SMILES string of the molecule is O=C(O)c1cc(NC2CC3CCC2O3)ccn1. The van der Waals surface area contributed by atoms with E-state index in [1.807, 2.05) is 0 Å². The van der Waals surface area contributed by atoms with Crippen molar-refractivity contribution < 1.29 is 14.6 Å². The summed E-state index contributed by atoms with van der Waals surface area (Å²) < 4.78 is 5.74. The van der Waals surface area contributed by atoms with Crippen molar-refractivity contribution >= 4 is 11.7 Å². The van der Waals surface area contributed by atoms with Crippen LogP contribution >= 0.6 is 0 Å². The Kier molecular flexibility index (Phi) is 2.48. The summed E-state index contributed by atoms with van der Waals surface area (Å²) in [7, 11) is 0. The number of ether oxygens (including phenoxy) is 1. The van der Waals surface area contributed by atoms with Crippen molar-refractivity contribution in [3.63, 3.8) is 0 Å². The summed E-state index contributed by atoms with van der Waals surface area (Å²) in [4.78, 5) is 14.6. The fourth-order valence-electron chi connectivity index (χ4n) is 2.64. The van der Waals surface area contributed by atoms with Gasteiger partial charge in [-0.1, -0.05) is 0 Å². The van der Waals surface area contributed by atoms with Crippen LogP contribution in [0.3, 0.4) is 0 Å². The Hall–Kier alpha value is -1.62. The molecule has 0 spiro atoms. The molecule has 0 aliphatic carbocycles. The molecule has 1 aromatic heterocycles. The van der Waals surface area contributed by atoms with E-state index in [0.717, 1.165) is 24.9 Å². The van der Waals surface area contributed by atoms with Gasteiger partial charge in [0.2, 0.25) is 0 Å². The summed E-state index contributed by atoms with van der Waals surface area (Å²) in [5.74, 6) is -1.00. The zero-order valence-corrected chi connectivity index (χ0v) is 9.30. The number of carbonyl (C=O) groups is 1. The van der Waals surface area contributed by atoms with Gasteiger partial charge in [-0.05, 0) is 31.4 Å². The van der Waals surface area contributed by atoms with Gasteiger partial charge in [0.05, 0.1) is 18.2 Å². The molecule has 2 saturated heterocycles. The summed E-state index contributed by atoms with van der Waals surface area (Å²) in [5.41, 5.74) is 0.873. The van der Waals surface area contributed by atoms with Crippen molar-refractivity contribution in [2.24, 2.45) is 0 Å². The highest BCUT2D eigenvalue weighted by atomic mass is 16.5. The number of rotatable bonds is 3. The predicted molar refractivity (Wildman–Crippen MR) is 61.1 cm³/mol. The Labute approximate surface area is 98.8 Å². The Morgan fingerprint density at radius 1 is 1.53 bits per heavy atom. The van der Waals surface area contributed by atoms with Crippen LogP contribution in [0.4, 0.5) is 5.69 Å². The molecule has 2 fully saturated rings. The maximum atomic E-state index is 10.8. The van der Waals surface area contributed by atoms with E-state index in [4.69, 9.17) is 9.84 Å². The highest BCUT2D eigenvalue weighted by molar-refractivity contribution is 5.86. The molecule has 0 aromatic carbocycles. The summed E-state index contributed by atoms with van der Waals surface area (Å²) in [5, 5.41) is 12.2. The molecule has 1 aromatic rings. The first-order valence-electron chi connectivity index (χ1n) is 5.84. The van der Waals surface area contributed by atoms with Gasteiger partial charge >= 0.3 is 5.97 Å². The maximum Gasteiger partial charge on any atom is 0.354 e. The third-order valence-corrected chi connectivity index (χ3v) is 3.44. The number of hydrogen-bond acceptors (Lipinski definition) is 4. The fourth-order valence-corrected chi connectivity index (χ4v) is 2.64. The zero-order valence-electron chi connectivity index (χ0n) is 9.30. The van der Waals surface area contributed by atoms with Crippen LogP contribution in [0.25, 0.3) is 0 Å². The summed E-state index contributed by atoms with van der Waals surface area (Å²) in [6.07, 6.45) is 5.44. The number of fused-ring (bicyclic) bond motifs is 2. The predicted octanol–water partition coefficient (Wildman–Crippen LogP) is 1.51. The quantitative estimate of drug-likeness (QED) is 0.829. The molecule has 3 rings (SSSR count). The van der Waals surface area contributed by atoms with Crippen LogP contribution in [-0.4, -0.2) is 34.3 Å². The van der Waals surface area contributed by atoms with Crippen LogP contribution < -0.4 is 5.32 Å². The number of nitrogens with zero attached hydrogens (tertiary/aromatic N) is 1. The molecule has 3 heterocycles. The largest absolute Gasteiger partial charge is 0.477 e. The first-order valence-corrected chi connectivity index (χ1v) is 5.84. The number of pyridine rings is 1. The number of carboxylic acids is 1. The average Bonchev–Trinajstić information content (AvgIpc) is 2.91. The van der Waals surface area contributed by atoms with Crippen molar-refractivity contribution in [2.45, 2.75) is 37.5 Å². The highest BCUT2D eigenvalue weighted by Crippen LogP contribution is 2.35. The third-order valence-electron chi connectivity index (χ3n) is 3.44. The molecule has 0 amide bonds. The van der Waals surface area contributed by atoms with E-state index in [1.165, 1.54) is 6.20 Å². The Bertz CT molecular complexity index is 449. The minimum atomic E-state index is -1.00. The monoisotopic (exact) mass is 234 g/mol. The third kappa shape index (κ3) is 1.98. The van der Waals surface area contributed by atoms with Gasteiger partial charge < -0.3 is 15.2 Å². The molecule has 3 atom stereocenters. The topological polar surface area (TPSA) is 71.5 Å².